The summed E-state index contributed by atoms with van der Waals surface area (Å²) in [6.07, 6.45) is 53.0. The maximum atomic E-state index is 12.7. The zero-order valence-electron chi connectivity index (χ0n) is 38.8. The molecule has 0 bridgehead atoms. The molecule has 0 N–H and O–H groups in total. The summed E-state index contributed by atoms with van der Waals surface area (Å²) in [4.78, 5) is 37.8. The maximum absolute atomic E-state index is 12.7. The van der Waals surface area contributed by atoms with Gasteiger partial charge < -0.3 is 14.2 Å². The fourth-order valence-corrected chi connectivity index (χ4v) is 7.30. The molecule has 58 heavy (non-hydrogen) atoms. The Balaban J connectivity index is 4.31. The standard InChI is InChI=1S/C52H96O6/c1-4-7-10-13-16-19-22-24-25-26-27-29-30-33-36-39-42-45-51(54)57-48-49(47-56-50(53)44-41-38-35-32-21-18-15-12-9-6-3)58-52(55)46-43-40-37-34-31-28-23-20-17-14-11-8-5-2/h15,18,24-25,49H,4-14,16-17,19-23,26-48H2,1-3H3/b18-15-,25-24-. The Labute approximate surface area is 360 Å². The van der Waals surface area contributed by atoms with Crippen LogP contribution in [0.2, 0.25) is 0 Å². The molecule has 0 aliphatic rings. The van der Waals surface area contributed by atoms with Crippen molar-refractivity contribution in [2.24, 2.45) is 0 Å². The largest absolute Gasteiger partial charge is 0.462 e. The van der Waals surface area contributed by atoms with E-state index >= 15 is 0 Å². The Bertz CT molecular complexity index is 942. The minimum Gasteiger partial charge on any atom is -0.462 e. The van der Waals surface area contributed by atoms with Crippen LogP contribution in [0, 0.1) is 0 Å². The van der Waals surface area contributed by atoms with Crippen molar-refractivity contribution in [3.8, 4) is 0 Å². The van der Waals surface area contributed by atoms with E-state index in [1.165, 1.54) is 154 Å². The average Bonchev–Trinajstić information content (AvgIpc) is 3.22. The zero-order chi connectivity index (χ0) is 42.3. The van der Waals surface area contributed by atoms with E-state index in [1.54, 1.807) is 0 Å². The minimum atomic E-state index is -0.771. The molecule has 6 nitrogen and oxygen atoms in total. The Morgan fingerprint density at radius 1 is 0.328 bits per heavy atom. The molecule has 0 aromatic heterocycles. The van der Waals surface area contributed by atoms with Gasteiger partial charge in [-0.15, -0.1) is 0 Å². The van der Waals surface area contributed by atoms with Gasteiger partial charge in [-0.25, -0.2) is 0 Å². The second-order valence-corrected chi connectivity index (χ2v) is 17.1. The van der Waals surface area contributed by atoms with E-state index in [2.05, 4.69) is 45.1 Å². The number of allylic oxidation sites excluding steroid dienone is 4. The Kier molecular flexibility index (Phi) is 45.8. The van der Waals surface area contributed by atoms with Crippen molar-refractivity contribution in [2.45, 2.75) is 277 Å². The monoisotopic (exact) mass is 817 g/mol. The lowest BCUT2D eigenvalue weighted by Crippen LogP contribution is -2.30. The molecule has 0 aliphatic heterocycles. The fraction of sp³-hybridized carbons (Fsp3) is 0.865. The Morgan fingerprint density at radius 3 is 0.914 bits per heavy atom. The van der Waals surface area contributed by atoms with Crippen LogP contribution in [0.5, 0.6) is 0 Å². The summed E-state index contributed by atoms with van der Waals surface area (Å²) in [5, 5.41) is 0. The molecule has 6 heteroatoms. The molecule has 0 spiro atoms. The molecule has 0 aromatic rings. The van der Waals surface area contributed by atoms with Gasteiger partial charge in [0, 0.05) is 19.3 Å². The van der Waals surface area contributed by atoms with E-state index in [0.29, 0.717) is 19.3 Å². The van der Waals surface area contributed by atoms with Crippen LogP contribution in [0.15, 0.2) is 24.3 Å². The van der Waals surface area contributed by atoms with Crippen LogP contribution in [-0.2, 0) is 28.6 Å². The molecule has 0 fully saturated rings. The van der Waals surface area contributed by atoms with Crippen LogP contribution >= 0.6 is 0 Å². The van der Waals surface area contributed by atoms with E-state index < -0.39 is 6.10 Å². The number of carbonyl (C=O) groups excluding carboxylic acids is 3. The van der Waals surface area contributed by atoms with Gasteiger partial charge in [-0.2, -0.15) is 0 Å². The summed E-state index contributed by atoms with van der Waals surface area (Å²) >= 11 is 0. The van der Waals surface area contributed by atoms with Crippen LogP contribution in [0.4, 0.5) is 0 Å². The van der Waals surface area contributed by atoms with E-state index in [4.69, 9.17) is 14.2 Å². The second kappa shape index (κ2) is 47.6. The van der Waals surface area contributed by atoms with Gasteiger partial charge in [-0.1, -0.05) is 212 Å². The van der Waals surface area contributed by atoms with E-state index in [1.807, 2.05) is 0 Å². The van der Waals surface area contributed by atoms with Gasteiger partial charge in [0.2, 0.25) is 0 Å². The van der Waals surface area contributed by atoms with Crippen molar-refractivity contribution in [2.75, 3.05) is 13.2 Å². The van der Waals surface area contributed by atoms with Gasteiger partial charge in [0.1, 0.15) is 13.2 Å². The normalized spacial score (nSPS) is 12.1. The first kappa shape index (κ1) is 55.9. The molecular formula is C52H96O6. The molecule has 0 rings (SSSR count). The SMILES string of the molecule is CCCC/C=C\CCCCCCC(=O)OCC(COC(=O)CCCCCCCCC/C=C\CCCCCCCC)OC(=O)CCCCCCCCCCCCCCC. The van der Waals surface area contributed by atoms with Crippen molar-refractivity contribution < 1.29 is 28.6 Å². The molecule has 0 aliphatic carbocycles. The van der Waals surface area contributed by atoms with Gasteiger partial charge in [-0.3, -0.25) is 14.4 Å². The highest BCUT2D eigenvalue weighted by molar-refractivity contribution is 5.71. The quantitative estimate of drug-likeness (QED) is 0.0263. The summed E-state index contributed by atoms with van der Waals surface area (Å²) in [5.41, 5.74) is 0. The van der Waals surface area contributed by atoms with Crippen molar-refractivity contribution in [3.05, 3.63) is 24.3 Å². The third kappa shape index (κ3) is 45.0. The number of carbonyl (C=O) groups is 3. The Morgan fingerprint density at radius 2 is 0.586 bits per heavy atom. The van der Waals surface area contributed by atoms with Gasteiger partial charge in [0.15, 0.2) is 6.10 Å². The van der Waals surface area contributed by atoms with Crippen molar-refractivity contribution >= 4 is 17.9 Å². The minimum absolute atomic E-state index is 0.0738. The van der Waals surface area contributed by atoms with Crippen LogP contribution in [-0.4, -0.2) is 37.2 Å². The first-order chi connectivity index (χ1) is 28.5. The predicted octanol–water partition coefficient (Wildman–Crippen LogP) is 16.4. The molecule has 1 atom stereocenters. The number of esters is 3. The summed E-state index contributed by atoms with van der Waals surface area (Å²) in [6.45, 7) is 6.59. The molecule has 1 unspecified atom stereocenters. The average molecular weight is 817 g/mol. The highest BCUT2D eigenvalue weighted by atomic mass is 16.6. The lowest BCUT2D eigenvalue weighted by molar-refractivity contribution is -0.167. The van der Waals surface area contributed by atoms with Crippen LogP contribution in [0.1, 0.15) is 271 Å². The summed E-state index contributed by atoms with van der Waals surface area (Å²) < 4.78 is 16.8. The molecule has 340 valence electrons. The smallest absolute Gasteiger partial charge is 0.306 e. The molecule has 0 amide bonds. The third-order valence-corrected chi connectivity index (χ3v) is 11.2. The van der Waals surface area contributed by atoms with Crippen molar-refractivity contribution in [1.29, 1.82) is 0 Å². The number of ether oxygens (including phenoxy) is 3. The molecule has 0 radical (unpaired) electrons. The predicted molar refractivity (Wildman–Crippen MR) is 247 cm³/mol. The van der Waals surface area contributed by atoms with E-state index in [0.717, 1.165) is 77.0 Å². The second-order valence-electron chi connectivity index (χ2n) is 17.1. The highest BCUT2D eigenvalue weighted by Crippen LogP contribution is 2.15. The summed E-state index contributed by atoms with van der Waals surface area (Å²) in [7, 11) is 0. The summed E-state index contributed by atoms with van der Waals surface area (Å²) in [6, 6.07) is 0. The molecular weight excluding hydrogens is 721 g/mol. The zero-order valence-corrected chi connectivity index (χ0v) is 38.8. The lowest BCUT2D eigenvalue weighted by atomic mass is 10.0. The summed E-state index contributed by atoms with van der Waals surface area (Å²) in [5.74, 6) is -0.881. The Hall–Kier alpha value is -2.11. The molecule has 0 heterocycles. The van der Waals surface area contributed by atoms with Crippen molar-refractivity contribution in [1.82, 2.24) is 0 Å². The number of rotatable bonds is 46. The first-order valence-corrected chi connectivity index (χ1v) is 25.3. The molecule has 0 saturated carbocycles. The van der Waals surface area contributed by atoms with Crippen LogP contribution in [0.25, 0.3) is 0 Å². The number of unbranched alkanes of at least 4 members (excludes halogenated alkanes) is 31. The molecule has 0 aromatic carbocycles. The van der Waals surface area contributed by atoms with E-state index in [-0.39, 0.29) is 31.1 Å². The maximum Gasteiger partial charge on any atom is 0.306 e. The fourth-order valence-electron chi connectivity index (χ4n) is 7.30. The highest BCUT2D eigenvalue weighted by Gasteiger charge is 2.19. The van der Waals surface area contributed by atoms with Gasteiger partial charge in [0.25, 0.3) is 0 Å². The number of hydrogen-bond acceptors (Lipinski definition) is 6. The lowest BCUT2D eigenvalue weighted by Gasteiger charge is -2.18. The van der Waals surface area contributed by atoms with Crippen LogP contribution < -0.4 is 0 Å². The number of hydrogen-bond donors (Lipinski definition) is 0. The van der Waals surface area contributed by atoms with Crippen molar-refractivity contribution in [3.63, 3.8) is 0 Å². The van der Waals surface area contributed by atoms with Crippen LogP contribution in [0.3, 0.4) is 0 Å². The van der Waals surface area contributed by atoms with E-state index in [9.17, 15) is 14.4 Å². The molecule has 0 saturated heterocycles. The van der Waals surface area contributed by atoms with Gasteiger partial charge in [0.05, 0.1) is 0 Å². The van der Waals surface area contributed by atoms with Gasteiger partial charge in [-0.05, 0) is 64.2 Å². The topological polar surface area (TPSA) is 78.9 Å². The first-order valence-electron chi connectivity index (χ1n) is 25.3. The van der Waals surface area contributed by atoms with Gasteiger partial charge >= 0.3 is 17.9 Å². The third-order valence-electron chi connectivity index (χ3n) is 11.2.